The summed E-state index contributed by atoms with van der Waals surface area (Å²) in [6.45, 7) is 0.687. The Morgan fingerprint density at radius 2 is 2.36 bits per heavy atom. The molecule has 0 bridgehead atoms. The summed E-state index contributed by atoms with van der Waals surface area (Å²) < 4.78 is 0.850. The van der Waals surface area contributed by atoms with Crippen molar-refractivity contribution in [2.24, 2.45) is 0 Å². The highest BCUT2D eigenvalue weighted by Gasteiger charge is 2.00. The van der Waals surface area contributed by atoms with Crippen LogP contribution >= 0.6 is 15.9 Å². The lowest BCUT2D eigenvalue weighted by Crippen LogP contribution is -2.01. The minimum atomic E-state index is 0.687. The van der Waals surface area contributed by atoms with E-state index in [0.717, 1.165) is 15.9 Å². The van der Waals surface area contributed by atoms with Crippen LogP contribution in [0.4, 0.5) is 5.82 Å². The summed E-state index contributed by atoms with van der Waals surface area (Å²) in [6, 6.07) is 0. The third-order valence-electron chi connectivity index (χ3n) is 1.68. The molecule has 6 heteroatoms. The van der Waals surface area contributed by atoms with Crippen molar-refractivity contribution in [3.63, 3.8) is 0 Å². The molecule has 14 heavy (non-hydrogen) atoms. The Morgan fingerprint density at radius 3 is 3.07 bits per heavy atom. The summed E-state index contributed by atoms with van der Waals surface area (Å²) in [5, 5.41) is 9.75. The van der Waals surface area contributed by atoms with Crippen LogP contribution in [0.15, 0.2) is 29.4 Å². The van der Waals surface area contributed by atoms with Crippen molar-refractivity contribution in [3.05, 3.63) is 35.0 Å². The lowest BCUT2D eigenvalue weighted by molar-refractivity contribution is 1.07. The number of hydrogen-bond donors (Lipinski definition) is 2. The minimum absolute atomic E-state index is 0.687. The number of aromatic amines is 1. The van der Waals surface area contributed by atoms with Gasteiger partial charge in [-0.05, 0) is 15.9 Å². The first-order valence-corrected chi connectivity index (χ1v) is 4.82. The van der Waals surface area contributed by atoms with Crippen LogP contribution in [0.3, 0.4) is 0 Å². The normalized spacial score (nSPS) is 10.1. The Morgan fingerprint density at radius 1 is 1.43 bits per heavy atom. The van der Waals surface area contributed by atoms with Gasteiger partial charge in [-0.3, -0.25) is 5.10 Å². The van der Waals surface area contributed by atoms with Crippen molar-refractivity contribution in [3.8, 4) is 0 Å². The number of nitrogens with one attached hydrogen (secondary N) is 2. The van der Waals surface area contributed by atoms with Gasteiger partial charge in [-0.25, -0.2) is 9.97 Å². The quantitative estimate of drug-likeness (QED) is 0.872. The molecule has 2 heterocycles. The number of hydrogen-bond acceptors (Lipinski definition) is 4. The van der Waals surface area contributed by atoms with Gasteiger partial charge in [-0.1, -0.05) is 0 Å². The van der Waals surface area contributed by atoms with E-state index in [9.17, 15) is 0 Å². The third kappa shape index (κ3) is 2.08. The van der Waals surface area contributed by atoms with Crippen LogP contribution in [-0.4, -0.2) is 20.2 Å². The van der Waals surface area contributed by atoms with Crippen LogP contribution in [0.2, 0.25) is 0 Å². The topological polar surface area (TPSA) is 66.5 Å². The lowest BCUT2D eigenvalue weighted by Gasteiger charge is -2.04. The molecular weight excluding hydrogens is 246 g/mol. The zero-order chi connectivity index (χ0) is 9.80. The molecule has 0 atom stereocenters. The average molecular weight is 254 g/mol. The van der Waals surface area contributed by atoms with E-state index in [4.69, 9.17) is 0 Å². The van der Waals surface area contributed by atoms with Gasteiger partial charge < -0.3 is 5.32 Å². The Balaban J connectivity index is 2.02. The second-order valence-corrected chi connectivity index (χ2v) is 3.53. The van der Waals surface area contributed by atoms with E-state index in [1.165, 1.54) is 6.33 Å². The summed E-state index contributed by atoms with van der Waals surface area (Å²) in [5.74, 6) is 0.779. The summed E-state index contributed by atoms with van der Waals surface area (Å²) >= 11 is 3.35. The fraction of sp³-hybridized carbons (Fsp3) is 0.125. The highest BCUT2D eigenvalue weighted by Crippen LogP contribution is 2.17. The first-order valence-electron chi connectivity index (χ1n) is 4.03. The largest absolute Gasteiger partial charge is 0.365 e. The summed E-state index contributed by atoms with van der Waals surface area (Å²) in [4.78, 5) is 7.95. The smallest absolute Gasteiger partial charge is 0.144 e. The Kier molecular flexibility index (Phi) is 2.73. The van der Waals surface area contributed by atoms with Gasteiger partial charge in [0.2, 0.25) is 0 Å². The SMILES string of the molecule is Brc1cncnc1NCc1cn[nH]c1. The molecule has 72 valence electrons. The van der Waals surface area contributed by atoms with Crippen LogP contribution in [0.5, 0.6) is 0 Å². The number of rotatable bonds is 3. The third-order valence-corrected chi connectivity index (χ3v) is 2.26. The molecule has 0 aliphatic carbocycles. The minimum Gasteiger partial charge on any atom is -0.365 e. The molecule has 0 amide bonds. The zero-order valence-electron chi connectivity index (χ0n) is 7.24. The predicted octanol–water partition coefficient (Wildman–Crippen LogP) is 1.57. The van der Waals surface area contributed by atoms with Crippen molar-refractivity contribution in [2.75, 3.05) is 5.32 Å². The van der Waals surface area contributed by atoms with Crippen LogP contribution in [0.1, 0.15) is 5.56 Å². The van der Waals surface area contributed by atoms with Crippen molar-refractivity contribution < 1.29 is 0 Å². The van der Waals surface area contributed by atoms with E-state index < -0.39 is 0 Å². The molecule has 2 aromatic heterocycles. The number of H-pyrrole nitrogens is 1. The van der Waals surface area contributed by atoms with Crippen molar-refractivity contribution in [1.29, 1.82) is 0 Å². The second-order valence-electron chi connectivity index (χ2n) is 2.68. The molecule has 0 radical (unpaired) electrons. The van der Waals surface area contributed by atoms with Gasteiger partial charge in [0, 0.05) is 24.5 Å². The van der Waals surface area contributed by atoms with E-state index in [1.54, 1.807) is 12.4 Å². The fourth-order valence-corrected chi connectivity index (χ4v) is 1.36. The molecule has 0 unspecified atom stereocenters. The van der Waals surface area contributed by atoms with Gasteiger partial charge in [0.25, 0.3) is 0 Å². The van der Waals surface area contributed by atoms with Gasteiger partial charge in [-0.15, -0.1) is 0 Å². The number of aromatic nitrogens is 4. The molecule has 2 N–H and O–H groups in total. The second kappa shape index (κ2) is 4.19. The highest BCUT2D eigenvalue weighted by atomic mass is 79.9. The summed E-state index contributed by atoms with van der Waals surface area (Å²) in [6.07, 6.45) is 6.80. The molecule has 0 aliphatic rings. The fourth-order valence-electron chi connectivity index (χ4n) is 1.00. The number of halogens is 1. The van der Waals surface area contributed by atoms with E-state index in [1.807, 2.05) is 6.20 Å². The van der Waals surface area contributed by atoms with Crippen molar-refractivity contribution in [2.45, 2.75) is 6.54 Å². The number of nitrogens with zero attached hydrogens (tertiary/aromatic N) is 3. The number of anilines is 1. The van der Waals surface area contributed by atoms with Crippen LogP contribution in [-0.2, 0) is 6.54 Å². The first kappa shape index (κ1) is 9.14. The molecule has 0 saturated heterocycles. The maximum atomic E-state index is 4.08. The Hall–Kier alpha value is -1.43. The molecule has 0 fully saturated rings. The zero-order valence-corrected chi connectivity index (χ0v) is 8.82. The summed E-state index contributed by atoms with van der Waals surface area (Å²) in [5.41, 5.74) is 1.08. The maximum Gasteiger partial charge on any atom is 0.144 e. The molecule has 0 aromatic carbocycles. The van der Waals surface area contributed by atoms with Gasteiger partial charge in [0.05, 0.1) is 10.7 Å². The molecule has 2 rings (SSSR count). The van der Waals surface area contributed by atoms with E-state index in [2.05, 4.69) is 41.4 Å². The molecular formula is C8H8BrN5. The van der Waals surface area contributed by atoms with Crippen molar-refractivity contribution in [1.82, 2.24) is 20.2 Å². The van der Waals surface area contributed by atoms with Gasteiger partial charge in [0.15, 0.2) is 0 Å². The van der Waals surface area contributed by atoms with Crippen LogP contribution in [0.25, 0.3) is 0 Å². The average Bonchev–Trinajstić information content (AvgIpc) is 2.69. The Labute approximate surface area is 89.1 Å². The summed E-state index contributed by atoms with van der Waals surface area (Å²) in [7, 11) is 0. The van der Waals surface area contributed by atoms with Crippen molar-refractivity contribution >= 4 is 21.7 Å². The molecule has 2 aromatic rings. The first-order chi connectivity index (χ1) is 6.86. The monoisotopic (exact) mass is 253 g/mol. The molecule has 0 aliphatic heterocycles. The van der Waals surface area contributed by atoms with E-state index >= 15 is 0 Å². The Bertz CT molecular complexity index is 400. The standard InChI is InChI=1S/C8H8BrN5/c9-7-4-10-5-12-8(7)11-1-6-2-13-14-3-6/h2-5H,1H2,(H,13,14)(H,10,11,12). The van der Waals surface area contributed by atoms with Gasteiger partial charge in [-0.2, -0.15) is 5.10 Å². The van der Waals surface area contributed by atoms with Gasteiger partial charge >= 0.3 is 0 Å². The van der Waals surface area contributed by atoms with Crippen LogP contribution in [0, 0.1) is 0 Å². The molecule has 0 saturated carbocycles. The van der Waals surface area contributed by atoms with Gasteiger partial charge in [0.1, 0.15) is 12.1 Å². The molecule has 0 spiro atoms. The predicted molar refractivity (Wildman–Crippen MR) is 55.6 cm³/mol. The maximum absolute atomic E-state index is 4.08. The van der Waals surface area contributed by atoms with E-state index in [-0.39, 0.29) is 0 Å². The van der Waals surface area contributed by atoms with E-state index in [0.29, 0.717) is 6.54 Å². The van der Waals surface area contributed by atoms with Crippen LogP contribution < -0.4 is 5.32 Å². The molecule has 5 nitrogen and oxygen atoms in total. The highest BCUT2D eigenvalue weighted by molar-refractivity contribution is 9.10. The lowest BCUT2D eigenvalue weighted by atomic mass is 10.3.